The van der Waals surface area contributed by atoms with Crippen molar-refractivity contribution in [1.82, 2.24) is 5.32 Å². The highest BCUT2D eigenvalue weighted by Gasteiger charge is 2.14. The average molecular weight is 386 g/mol. The minimum atomic E-state index is -0.589. The van der Waals surface area contributed by atoms with Crippen LogP contribution in [0.2, 0.25) is 0 Å². The maximum Gasteiger partial charge on any atom is 0.230 e. The molecule has 1 atom stereocenters. The monoisotopic (exact) mass is 385 g/mol. The van der Waals surface area contributed by atoms with Gasteiger partial charge in [-0.25, -0.2) is 8.78 Å². The number of hydrogen-bond acceptors (Lipinski definition) is 2. The van der Waals surface area contributed by atoms with Gasteiger partial charge in [0.1, 0.15) is 11.6 Å². The zero-order valence-electron chi connectivity index (χ0n) is 11.8. The zero-order valence-corrected chi connectivity index (χ0v) is 14.2. The van der Waals surface area contributed by atoms with Crippen LogP contribution >= 0.6 is 27.7 Å². The fourth-order valence-electron chi connectivity index (χ4n) is 1.89. The fourth-order valence-corrected chi connectivity index (χ4v) is 2.86. The van der Waals surface area contributed by atoms with Crippen molar-refractivity contribution in [3.05, 3.63) is 64.1 Å². The van der Waals surface area contributed by atoms with Crippen LogP contribution in [0.3, 0.4) is 0 Å². The molecule has 0 radical (unpaired) electrons. The highest BCUT2D eigenvalue weighted by atomic mass is 79.9. The lowest BCUT2D eigenvalue weighted by Crippen LogP contribution is -2.28. The van der Waals surface area contributed by atoms with E-state index in [9.17, 15) is 13.6 Å². The summed E-state index contributed by atoms with van der Waals surface area (Å²) < 4.78 is 27.8. The molecule has 6 heteroatoms. The molecule has 0 saturated carbocycles. The number of rotatable bonds is 5. The van der Waals surface area contributed by atoms with E-state index < -0.39 is 17.7 Å². The van der Waals surface area contributed by atoms with Gasteiger partial charge in [-0.1, -0.05) is 15.9 Å². The van der Waals surface area contributed by atoms with Crippen molar-refractivity contribution < 1.29 is 13.6 Å². The van der Waals surface area contributed by atoms with Gasteiger partial charge in [-0.05, 0) is 49.4 Å². The molecule has 2 aromatic rings. The van der Waals surface area contributed by atoms with Gasteiger partial charge in [-0.15, -0.1) is 11.8 Å². The van der Waals surface area contributed by atoms with E-state index in [1.54, 1.807) is 6.92 Å². The van der Waals surface area contributed by atoms with Crippen molar-refractivity contribution in [2.24, 2.45) is 0 Å². The SMILES string of the molecule is CC(NC(=O)CSc1ccc(Br)cc1)c1cc(F)ccc1F. The Balaban J connectivity index is 1.91. The number of hydrogen-bond donors (Lipinski definition) is 1. The molecule has 0 fully saturated rings. The van der Waals surface area contributed by atoms with Crippen LogP contribution in [0.25, 0.3) is 0 Å². The van der Waals surface area contributed by atoms with Crippen LogP contribution in [0, 0.1) is 11.6 Å². The number of thioether (sulfide) groups is 1. The van der Waals surface area contributed by atoms with Gasteiger partial charge in [0.2, 0.25) is 5.91 Å². The molecule has 0 aliphatic heterocycles. The highest BCUT2D eigenvalue weighted by molar-refractivity contribution is 9.10. The van der Waals surface area contributed by atoms with E-state index in [4.69, 9.17) is 0 Å². The second-order valence-corrected chi connectivity index (χ2v) is 6.66. The van der Waals surface area contributed by atoms with Gasteiger partial charge >= 0.3 is 0 Å². The van der Waals surface area contributed by atoms with E-state index in [2.05, 4.69) is 21.2 Å². The van der Waals surface area contributed by atoms with E-state index in [1.165, 1.54) is 11.8 Å². The molecule has 2 aromatic carbocycles. The second kappa shape index (κ2) is 7.74. The lowest BCUT2D eigenvalue weighted by molar-refractivity contribution is -0.119. The van der Waals surface area contributed by atoms with Gasteiger partial charge in [-0.2, -0.15) is 0 Å². The zero-order chi connectivity index (χ0) is 16.1. The predicted molar refractivity (Wildman–Crippen MR) is 87.8 cm³/mol. The summed E-state index contributed by atoms with van der Waals surface area (Å²) in [5.74, 6) is -1.08. The number of amides is 1. The van der Waals surface area contributed by atoms with Crippen LogP contribution in [0.15, 0.2) is 51.8 Å². The molecule has 2 rings (SSSR count). The molecule has 0 spiro atoms. The Kier molecular flexibility index (Phi) is 5.97. The molecule has 116 valence electrons. The highest BCUT2D eigenvalue weighted by Crippen LogP contribution is 2.21. The third-order valence-electron chi connectivity index (χ3n) is 2.99. The Labute approximate surface area is 140 Å². The quantitative estimate of drug-likeness (QED) is 0.755. The first-order valence-electron chi connectivity index (χ1n) is 6.58. The van der Waals surface area contributed by atoms with Crippen molar-refractivity contribution in [3.63, 3.8) is 0 Å². The molecular formula is C16H14BrF2NOS. The number of benzene rings is 2. The Bertz CT molecular complexity index is 664. The van der Waals surface area contributed by atoms with Gasteiger partial charge in [0, 0.05) is 14.9 Å². The summed E-state index contributed by atoms with van der Waals surface area (Å²) in [6.45, 7) is 1.63. The third-order valence-corrected chi connectivity index (χ3v) is 4.53. The van der Waals surface area contributed by atoms with Crippen LogP contribution in [0.1, 0.15) is 18.5 Å². The second-order valence-electron chi connectivity index (χ2n) is 4.70. The summed E-state index contributed by atoms with van der Waals surface area (Å²) in [5, 5.41) is 2.67. The summed E-state index contributed by atoms with van der Waals surface area (Å²) in [4.78, 5) is 12.9. The number of nitrogens with one attached hydrogen (secondary N) is 1. The molecule has 1 amide bonds. The van der Waals surface area contributed by atoms with Crippen molar-refractivity contribution >= 4 is 33.6 Å². The van der Waals surface area contributed by atoms with Crippen molar-refractivity contribution in [2.75, 3.05) is 5.75 Å². The van der Waals surface area contributed by atoms with Crippen LogP contribution in [-0.4, -0.2) is 11.7 Å². The molecule has 2 nitrogen and oxygen atoms in total. The Morgan fingerprint density at radius 3 is 2.59 bits per heavy atom. The Hall–Kier alpha value is -1.40. The summed E-state index contributed by atoms with van der Waals surface area (Å²) >= 11 is 4.72. The Morgan fingerprint density at radius 1 is 1.23 bits per heavy atom. The van der Waals surface area contributed by atoms with Gasteiger partial charge in [0.25, 0.3) is 0 Å². The molecule has 0 heterocycles. The molecule has 0 bridgehead atoms. The minimum absolute atomic E-state index is 0.141. The maximum absolute atomic E-state index is 13.6. The lowest BCUT2D eigenvalue weighted by Gasteiger charge is -2.15. The topological polar surface area (TPSA) is 29.1 Å². The fraction of sp³-hybridized carbons (Fsp3) is 0.188. The number of halogens is 3. The van der Waals surface area contributed by atoms with Crippen molar-refractivity contribution in [3.8, 4) is 0 Å². The van der Waals surface area contributed by atoms with E-state index in [-0.39, 0.29) is 17.2 Å². The predicted octanol–water partition coefficient (Wildman–Crippen LogP) is 4.70. The molecule has 0 aliphatic carbocycles. The van der Waals surface area contributed by atoms with Crippen LogP contribution in [0.4, 0.5) is 8.78 Å². The molecule has 22 heavy (non-hydrogen) atoms. The molecule has 1 N–H and O–H groups in total. The van der Waals surface area contributed by atoms with Gasteiger partial charge < -0.3 is 5.32 Å². The summed E-state index contributed by atoms with van der Waals surface area (Å²) in [6.07, 6.45) is 0. The standard InChI is InChI=1S/C16H14BrF2NOS/c1-10(14-8-12(18)4-7-15(14)19)20-16(21)9-22-13-5-2-11(17)3-6-13/h2-8,10H,9H2,1H3,(H,20,21). The molecule has 0 aliphatic rings. The number of carbonyl (C=O) groups is 1. The summed E-state index contributed by atoms with van der Waals surface area (Å²) in [5.41, 5.74) is 0.141. The van der Waals surface area contributed by atoms with Gasteiger partial charge in [0.05, 0.1) is 11.8 Å². The van der Waals surface area contributed by atoms with Crippen LogP contribution < -0.4 is 5.32 Å². The van der Waals surface area contributed by atoms with Crippen LogP contribution in [-0.2, 0) is 4.79 Å². The average Bonchev–Trinajstić information content (AvgIpc) is 2.49. The minimum Gasteiger partial charge on any atom is -0.349 e. The number of carbonyl (C=O) groups excluding carboxylic acids is 1. The van der Waals surface area contributed by atoms with Crippen molar-refractivity contribution in [2.45, 2.75) is 17.9 Å². The largest absolute Gasteiger partial charge is 0.349 e. The first-order chi connectivity index (χ1) is 10.5. The first kappa shape index (κ1) is 17.0. The van der Waals surface area contributed by atoms with E-state index in [1.807, 2.05) is 24.3 Å². The normalized spacial score (nSPS) is 12.0. The molecule has 1 unspecified atom stereocenters. The smallest absolute Gasteiger partial charge is 0.230 e. The summed E-state index contributed by atoms with van der Waals surface area (Å²) in [6, 6.07) is 10.2. The third kappa shape index (κ3) is 4.81. The Morgan fingerprint density at radius 2 is 1.91 bits per heavy atom. The van der Waals surface area contributed by atoms with E-state index >= 15 is 0 Å². The molecular weight excluding hydrogens is 372 g/mol. The van der Waals surface area contributed by atoms with Gasteiger partial charge in [0.15, 0.2) is 0 Å². The maximum atomic E-state index is 13.6. The van der Waals surface area contributed by atoms with E-state index in [0.717, 1.165) is 27.6 Å². The molecule has 0 aromatic heterocycles. The van der Waals surface area contributed by atoms with Crippen molar-refractivity contribution in [1.29, 1.82) is 0 Å². The van der Waals surface area contributed by atoms with E-state index in [0.29, 0.717) is 0 Å². The van der Waals surface area contributed by atoms with Gasteiger partial charge in [-0.3, -0.25) is 4.79 Å². The lowest BCUT2D eigenvalue weighted by atomic mass is 10.1. The van der Waals surface area contributed by atoms with Crippen LogP contribution in [0.5, 0.6) is 0 Å². The molecule has 0 saturated heterocycles. The first-order valence-corrected chi connectivity index (χ1v) is 8.36. The summed E-state index contributed by atoms with van der Waals surface area (Å²) in [7, 11) is 0.